The van der Waals surface area contributed by atoms with Crippen molar-refractivity contribution in [3.8, 4) is 6.07 Å². The molecule has 0 N–H and O–H groups in total. The van der Waals surface area contributed by atoms with Gasteiger partial charge < -0.3 is 13.6 Å². The smallest absolute Gasteiger partial charge is 0.357 e. The van der Waals surface area contributed by atoms with Crippen molar-refractivity contribution in [1.29, 1.82) is 5.26 Å². The van der Waals surface area contributed by atoms with Crippen LogP contribution >= 0.6 is 0 Å². The molecule has 0 fully saturated rings. The Hall–Kier alpha value is -2.15. The number of benzene rings is 1. The van der Waals surface area contributed by atoms with Gasteiger partial charge in [0.2, 0.25) is 8.32 Å². The molecule has 0 aliphatic carbocycles. The molecule has 0 saturated heterocycles. The van der Waals surface area contributed by atoms with Gasteiger partial charge >= 0.3 is 5.97 Å². The summed E-state index contributed by atoms with van der Waals surface area (Å²) < 4.78 is 17.9. The minimum atomic E-state index is -2.48. The monoisotopic (exact) mass is 487 g/mol. The second-order valence-corrected chi connectivity index (χ2v) is 20.8. The average molecular weight is 488 g/mol. The third kappa shape index (κ3) is 7.99. The molecule has 0 aliphatic rings. The van der Waals surface area contributed by atoms with Gasteiger partial charge in [0.1, 0.15) is 12.7 Å². The number of hydrogen-bond donors (Lipinski definition) is 0. The molecule has 0 spiro atoms. The largest absolute Gasteiger partial charge is 0.549 e. The molecule has 1 aromatic carbocycles. The third-order valence-corrected chi connectivity index (χ3v) is 15.4. The fraction of sp³-hybridized carbons (Fsp3) is 0.538. The number of nitrogens with zero attached hydrogens (tertiary/aromatic N) is 1. The first-order valence-electron chi connectivity index (χ1n) is 11.3. The van der Waals surface area contributed by atoms with Gasteiger partial charge in [0.15, 0.2) is 8.32 Å². The normalized spacial score (nSPS) is 15.3. The summed E-state index contributed by atoms with van der Waals surface area (Å²) in [5.41, 5.74) is -0.990. The first-order valence-corrected chi connectivity index (χ1v) is 17.1. The van der Waals surface area contributed by atoms with Crippen LogP contribution in [0.15, 0.2) is 54.8 Å². The highest BCUT2D eigenvalue weighted by atomic mass is 28.4. The summed E-state index contributed by atoms with van der Waals surface area (Å²) in [4.78, 5) is 13.2. The lowest BCUT2D eigenvalue weighted by atomic mass is 10.1. The quantitative estimate of drug-likeness (QED) is 0.161. The molecular weight excluding hydrogens is 446 g/mol. The Kier molecular flexibility index (Phi) is 9.50. The van der Waals surface area contributed by atoms with Crippen LogP contribution in [0.3, 0.4) is 0 Å². The SMILES string of the molecule is CC(C)(C)[Si](C)(C)O/C=C/C=C/C(C#N)(O[Si](C)(C)C(C)(C)C)C(=O)OCc1ccccc1. The molecule has 0 aliphatic heterocycles. The standard InChI is InChI=1S/C26H41NO4Si2/c1-24(2,3)32(7,8)30-19-15-14-18-26(21-27,31-33(9,10)25(4,5)6)23(28)29-20-22-16-12-11-13-17-22/h11-19H,20H2,1-10H3/b18-14+,19-15+. The van der Waals surface area contributed by atoms with Crippen LogP contribution in [0.25, 0.3) is 0 Å². The van der Waals surface area contributed by atoms with Crippen LogP contribution in [0.4, 0.5) is 0 Å². The second-order valence-electron chi connectivity index (χ2n) is 11.3. The fourth-order valence-corrected chi connectivity index (χ4v) is 4.34. The van der Waals surface area contributed by atoms with E-state index < -0.39 is 28.2 Å². The van der Waals surface area contributed by atoms with E-state index >= 15 is 0 Å². The topological polar surface area (TPSA) is 68.5 Å². The minimum absolute atomic E-state index is 0.0716. The maximum absolute atomic E-state index is 13.2. The molecule has 0 aromatic heterocycles. The lowest BCUT2D eigenvalue weighted by molar-refractivity contribution is -0.156. The van der Waals surface area contributed by atoms with Crippen molar-refractivity contribution in [1.82, 2.24) is 0 Å². The van der Waals surface area contributed by atoms with Crippen LogP contribution in [-0.2, 0) is 25.0 Å². The molecule has 1 unspecified atom stereocenters. The van der Waals surface area contributed by atoms with Crippen molar-refractivity contribution >= 4 is 22.6 Å². The minimum Gasteiger partial charge on any atom is -0.549 e. The maximum atomic E-state index is 13.2. The Balaban J connectivity index is 3.17. The van der Waals surface area contributed by atoms with E-state index in [0.29, 0.717) is 0 Å². The van der Waals surface area contributed by atoms with Crippen molar-refractivity contribution in [3.05, 3.63) is 60.4 Å². The van der Waals surface area contributed by atoms with Crippen molar-refractivity contribution in [2.45, 2.75) is 90.0 Å². The average Bonchev–Trinajstić information content (AvgIpc) is 2.69. The highest BCUT2D eigenvalue weighted by Gasteiger charge is 2.49. The summed E-state index contributed by atoms with van der Waals surface area (Å²) in [5.74, 6) is -0.714. The Labute approximate surface area is 202 Å². The second kappa shape index (κ2) is 10.9. The van der Waals surface area contributed by atoms with Gasteiger partial charge in [-0.05, 0) is 54.0 Å². The highest BCUT2D eigenvalue weighted by molar-refractivity contribution is 6.74. The van der Waals surface area contributed by atoms with E-state index in [4.69, 9.17) is 13.6 Å². The number of rotatable bonds is 9. The summed E-state index contributed by atoms with van der Waals surface area (Å²) in [6.45, 7) is 21.1. The number of hydrogen-bond acceptors (Lipinski definition) is 5. The Morgan fingerprint density at radius 3 is 1.97 bits per heavy atom. The van der Waals surface area contributed by atoms with Gasteiger partial charge in [-0.25, -0.2) is 4.79 Å². The van der Waals surface area contributed by atoms with Gasteiger partial charge in [0.05, 0.1) is 6.26 Å². The van der Waals surface area contributed by atoms with Crippen molar-refractivity contribution in [3.63, 3.8) is 0 Å². The summed E-state index contributed by atoms with van der Waals surface area (Å²) in [6, 6.07) is 11.5. The number of esters is 1. The van der Waals surface area contributed by atoms with Crippen LogP contribution in [-0.4, -0.2) is 28.2 Å². The zero-order chi connectivity index (χ0) is 25.6. The molecular formula is C26H41NO4Si2. The molecule has 7 heteroatoms. The summed E-state index contributed by atoms with van der Waals surface area (Å²) >= 11 is 0. The Morgan fingerprint density at radius 2 is 1.48 bits per heavy atom. The molecule has 0 saturated carbocycles. The van der Waals surface area contributed by atoms with Gasteiger partial charge in [0, 0.05) is 0 Å². The molecule has 1 atom stereocenters. The molecule has 5 nitrogen and oxygen atoms in total. The third-order valence-electron chi connectivity index (χ3n) is 6.59. The number of nitriles is 1. The predicted molar refractivity (Wildman–Crippen MR) is 139 cm³/mol. The van der Waals surface area contributed by atoms with Crippen molar-refractivity contribution in [2.75, 3.05) is 0 Å². The van der Waals surface area contributed by atoms with Gasteiger partial charge in [-0.3, -0.25) is 0 Å². The van der Waals surface area contributed by atoms with Crippen LogP contribution in [0, 0.1) is 11.3 Å². The molecule has 182 valence electrons. The molecule has 0 bridgehead atoms. The summed E-state index contributed by atoms with van der Waals surface area (Å²) in [6.07, 6.45) is 6.45. The number of carbonyl (C=O) groups excluding carboxylic acids is 1. The Morgan fingerprint density at radius 1 is 0.939 bits per heavy atom. The molecule has 33 heavy (non-hydrogen) atoms. The van der Waals surface area contributed by atoms with E-state index in [9.17, 15) is 10.1 Å². The Bertz CT molecular complexity index is 888. The first kappa shape index (κ1) is 28.9. The van der Waals surface area contributed by atoms with Gasteiger partial charge in [-0.15, -0.1) is 0 Å². The van der Waals surface area contributed by atoms with Crippen molar-refractivity contribution < 1.29 is 18.4 Å². The molecule has 0 amide bonds. The van der Waals surface area contributed by atoms with E-state index in [2.05, 4.69) is 60.7 Å². The summed E-state index contributed by atoms with van der Waals surface area (Å²) in [5, 5.41) is 10.00. The van der Waals surface area contributed by atoms with Crippen LogP contribution < -0.4 is 0 Å². The maximum Gasteiger partial charge on any atom is 0.357 e. The van der Waals surface area contributed by atoms with Crippen LogP contribution in [0.1, 0.15) is 47.1 Å². The zero-order valence-electron chi connectivity index (χ0n) is 22.0. The van der Waals surface area contributed by atoms with Crippen LogP contribution in [0.2, 0.25) is 36.3 Å². The van der Waals surface area contributed by atoms with E-state index in [1.807, 2.05) is 43.4 Å². The van der Waals surface area contributed by atoms with Crippen molar-refractivity contribution in [2.24, 2.45) is 0 Å². The van der Waals surface area contributed by atoms with Gasteiger partial charge in [-0.1, -0.05) is 78.0 Å². The highest BCUT2D eigenvalue weighted by Crippen LogP contribution is 2.40. The van der Waals surface area contributed by atoms with E-state index in [-0.39, 0.29) is 16.7 Å². The summed E-state index contributed by atoms with van der Waals surface area (Å²) in [7, 11) is -4.42. The molecule has 1 aromatic rings. The number of ether oxygens (including phenoxy) is 1. The van der Waals surface area contributed by atoms with Crippen LogP contribution in [0.5, 0.6) is 0 Å². The molecule has 0 radical (unpaired) electrons. The number of carbonyl (C=O) groups is 1. The first-order chi connectivity index (χ1) is 15.0. The molecule has 0 heterocycles. The van der Waals surface area contributed by atoms with E-state index in [0.717, 1.165) is 5.56 Å². The fourth-order valence-electron chi connectivity index (χ4n) is 2.26. The molecule has 1 rings (SSSR count). The van der Waals surface area contributed by atoms with E-state index in [1.165, 1.54) is 6.08 Å². The van der Waals surface area contributed by atoms with Gasteiger partial charge in [-0.2, -0.15) is 5.26 Å². The lowest BCUT2D eigenvalue weighted by Gasteiger charge is -2.40. The predicted octanol–water partition coefficient (Wildman–Crippen LogP) is 7.11. The number of allylic oxidation sites excluding steroid dienone is 2. The zero-order valence-corrected chi connectivity index (χ0v) is 24.0. The lowest BCUT2D eigenvalue weighted by Crippen LogP contribution is -2.52. The van der Waals surface area contributed by atoms with E-state index in [1.54, 1.807) is 18.4 Å². The van der Waals surface area contributed by atoms with Gasteiger partial charge in [0.25, 0.3) is 5.60 Å².